The predicted octanol–water partition coefficient (Wildman–Crippen LogP) is 3.16. The maximum Gasteiger partial charge on any atom is 0.353 e. The van der Waals surface area contributed by atoms with Gasteiger partial charge in [0.25, 0.3) is 16.3 Å². The van der Waals surface area contributed by atoms with Gasteiger partial charge in [-0.1, -0.05) is 17.7 Å². The predicted molar refractivity (Wildman–Crippen MR) is 126 cm³/mol. The number of hydrogen-bond donors (Lipinski definition) is 0. The Morgan fingerprint density at radius 2 is 1.08 bits per heavy atom. The van der Waals surface area contributed by atoms with Crippen LogP contribution in [0, 0.1) is 47.4 Å². The maximum atomic E-state index is 13.1. The van der Waals surface area contributed by atoms with Crippen molar-refractivity contribution in [2.24, 2.45) is 0 Å². The third-order valence-electron chi connectivity index (χ3n) is 4.74. The zero-order valence-electron chi connectivity index (χ0n) is 19.0. The summed E-state index contributed by atoms with van der Waals surface area (Å²) in [5, 5.41) is 45.3. The quantitative estimate of drug-likeness (QED) is 0.188. The Labute approximate surface area is 216 Å². The molecule has 18 nitrogen and oxygen atoms in total. The summed E-state index contributed by atoms with van der Waals surface area (Å²) in [4.78, 5) is 37.9. The summed E-state index contributed by atoms with van der Waals surface area (Å²) in [6.07, 6.45) is 0. The molecule has 3 aromatic carbocycles. The van der Waals surface area contributed by atoms with Gasteiger partial charge in [-0.25, -0.2) is 0 Å². The minimum absolute atomic E-state index is 0.121. The van der Waals surface area contributed by atoms with Crippen LogP contribution in [0.4, 0.5) is 22.7 Å². The van der Waals surface area contributed by atoms with Crippen LogP contribution in [0.25, 0.3) is 0 Å². The molecule has 0 N–H and O–H groups in total. The van der Waals surface area contributed by atoms with E-state index >= 15 is 0 Å². The number of rotatable bonds is 10. The van der Waals surface area contributed by atoms with Crippen LogP contribution in [0.15, 0.2) is 64.4 Å². The lowest BCUT2D eigenvalue weighted by Gasteiger charge is -2.13. The van der Waals surface area contributed by atoms with E-state index in [0.29, 0.717) is 17.7 Å². The molecule has 3 aromatic rings. The van der Waals surface area contributed by atoms with Crippen molar-refractivity contribution in [3.8, 4) is 11.5 Å². The number of nitro benzene ring substituents is 4. The van der Waals surface area contributed by atoms with Crippen molar-refractivity contribution in [1.29, 1.82) is 0 Å². The molecule has 0 atom stereocenters. The first kappa shape index (κ1) is 28.3. The van der Waals surface area contributed by atoms with Crippen molar-refractivity contribution in [2.75, 3.05) is 0 Å². The van der Waals surface area contributed by atoms with Gasteiger partial charge in [0.15, 0.2) is 11.5 Å². The molecule has 0 aliphatic rings. The van der Waals surface area contributed by atoms with E-state index < -0.39 is 84.0 Å². The number of nitrogens with zero attached hydrogens (tertiary/aromatic N) is 4. The van der Waals surface area contributed by atoms with Gasteiger partial charge in [0.1, 0.15) is 4.90 Å². The Bertz CT molecular complexity index is 1720. The highest BCUT2D eigenvalue weighted by Crippen LogP contribution is 2.41. The fourth-order valence-electron chi connectivity index (χ4n) is 2.99. The van der Waals surface area contributed by atoms with Crippen LogP contribution in [-0.4, -0.2) is 36.5 Å². The molecule has 0 aliphatic heterocycles. The molecule has 39 heavy (non-hydrogen) atoms. The van der Waals surface area contributed by atoms with Gasteiger partial charge in [-0.3, -0.25) is 40.5 Å². The summed E-state index contributed by atoms with van der Waals surface area (Å²) >= 11 is 0. The summed E-state index contributed by atoms with van der Waals surface area (Å²) in [6, 6.07) is 7.07. The van der Waals surface area contributed by atoms with Crippen molar-refractivity contribution >= 4 is 43.0 Å². The second-order valence-electron chi connectivity index (χ2n) is 7.36. The lowest BCUT2D eigenvalue weighted by Crippen LogP contribution is -2.16. The SMILES string of the molecule is Cc1ccc(S(=O)(=O)Oc2ccc([N+](=O)[O-])cc2OS(=O)(=O)c2c([N+](=O)[O-])cc([N+](=O)[O-])cc2[N+](=O)[O-])cc1. The largest absolute Gasteiger partial charge is 0.375 e. The molecule has 0 aromatic heterocycles. The van der Waals surface area contributed by atoms with Gasteiger partial charge in [-0.2, -0.15) is 16.8 Å². The topological polar surface area (TPSA) is 259 Å². The van der Waals surface area contributed by atoms with Crippen molar-refractivity contribution in [3.05, 3.63) is 101 Å². The zero-order chi connectivity index (χ0) is 29.3. The normalized spacial score (nSPS) is 11.4. The minimum atomic E-state index is -5.70. The lowest BCUT2D eigenvalue weighted by atomic mass is 10.2. The van der Waals surface area contributed by atoms with E-state index in [-0.39, 0.29) is 12.1 Å². The number of benzene rings is 3. The van der Waals surface area contributed by atoms with Crippen LogP contribution in [0.3, 0.4) is 0 Å². The summed E-state index contributed by atoms with van der Waals surface area (Å²) in [7, 11) is -10.4. The standard InChI is InChI=1S/C19H12N4O14S2/c1-11-2-5-14(6-3-11)38(32,33)36-17-7-4-12(20(24)25)10-18(17)37-39(34,35)19-15(22(28)29)8-13(21(26)27)9-16(19)23(30)31/h2-10H,1H3. The van der Waals surface area contributed by atoms with Crippen molar-refractivity contribution in [3.63, 3.8) is 0 Å². The smallest absolute Gasteiger partial charge is 0.353 e. The minimum Gasteiger partial charge on any atom is -0.375 e. The molecular formula is C19H12N4O14S2. The van der Waals surface area contributed by atoms with Gasteiger partial charge in [-0.15, -0.1) is 0 Å². The molecule has 0 radical (unpaired) electrons. The molecule has 3 rings (SSSR count). The Balaban J connectivity index is 2.21. The number of nitro groups is 4. The molecule has 0 bridgehead atoms. The zero-order valence-corrected chi connectivity index (χ0v) is 20.6. The Morgan fingerprint density at radius 3 is 1.54 bits per heavy atom. The lowest BCUT2D eigenvalue weighted by molar-refractivity contribution is -0.407. The van der Waals surface area contributed by atoms with Crippen molar-refractivity contribution in [2.45, 2.75) is 16.7 Å². The van der Waals surface area contributed by atoms with Crippen LogP contribution in [0.1, 0.15) is 5.56 Å². The molecule has 0 aliphatic carbocycles. The fraction of sp³-hybridized carbons (Fsp3) is 0.0526. The molecule has 0 fully saturated rings. The second kappa shape index (κ2) is 10.3. The number of aryl methyl sites for hydroxylation is 1. The second-order valence-corrected chi connectivity index (χ2v) is 10.4. The van der Waals surface area contributed by atoms with Crippen LogP contribution in [0.5, 0.6) is 11.5 Å². The number of hydrogen-bond acceptors (Lipinski definition) is 14. The van der Waals surface area contributed by atoms with Crippen molar-refractivity contribution < 1.29 is 44.9 Å². The Hall–Kier alpha value is -5.24. The third kappa shape index (κ3) is 6.02. The van der Waals surface area contributed by atoms with Crippen LogP contribution < -0.4 is 8.37 Å². The van der Waals surface area contributed by atoms with Gasteiger partial charge in [-0.05, 0) is 25.1 Å². The van der Waals surface area contributed by atoms with E-state index in [1.54, 1.807) is 6.92 Å². The van der Waals surface area contributed by atoms with E-state index in [2.05, 4.69) is 0 Å². The van der Waals surface area contributed by atoms with Crippen LogP contribution in [-0.2, 0) is 20.2 Å². The molecule has 0 spiro atoms. The Kier molecular flexibility index (Phi) is 7.45. The van der Waals surface area contributed by atoms with Crippen LogP contribution >= 0.6 is 0 Å². The van der Waals surface area contributed by atoms with Gasteiger partial charge < -0.3 is 8.37 Å². The van der Waals surface area contributed by atoms with E-state index in [9.17, 15) is 57.3 Å². The van der Waals surface area contributed by atoms with Gasteiger partial charge in [0.05, 0.1) is 37.9 Å². The van der Waals surface area contributed by atoms with Gasteiger partial charge in [0.2, 0.25) is 0 Å². The van der Waals surface area contributed by atoms with E-state index in [1.165, 1.54) is 12.1 Å². The molecule has 0 unspecified atom stereocenters. The summed E-state index contributed by atoms with van der Waals surface area (Å²) in [6.45, 7) is 1.65. The van der Waals surface area contributed by atoms with Gasteiger partial charge >= 0.3 is 31.6 Å². The summed E-state index contributed by atoms with van der Waals surface area (Å²) < 4.78 is 61.1. The first-order valence-electron chi connectivity index (χ1n) is 9.89. The first-order valence-corrected chi connectivity index (χ1v) is 12.7. The molecular weight excluding hydrogens is 572 g/mol. The highest BCUT2D eigenvalue weighted by atomic mass is 32.2. The average Bonchev–Trinajstić information content (AvgIpc) is 2.83. The maximum absolute atomic E-state index is 13.1. The number of non-ortho nitro benzene ring substituents is 2. The highest BCUT2D eigenvalue weighted by Gasteiger charge is 2.41. The monoisotopic (exact) mass is 584 g/mol. The summed E-state index contributed by atoms with van der Waals surface area (Å²) in [5.41, 5.74) is -4.64. The summed E-state index contributed by atoms with van der Waals surface area (Å²) in [5.74, 6) is -2.14. The molecule has 204 valence electrons. The molecule has 20 heteroatoms. The van der Waals surface area contributed by atoms with E-state index in [0.717, 1.165) is 18.2 Å². The third-order valence-corrected chi connectivity index (χ3v) is 7.30. The van der Waals surface area contributed by atoms with Crippen molar-refractivity contribution in [1.82, 2.24) is 0 Å². The fourth-order valence-corrected chi connectivity index (χ4v) is 5.16. The molecule has 0 saturated heterocycles. The van der Waals surface area contributed by atoms with Gasteiger partial charge in [0, 0.05) is 6.07 Å². The molecule has 0 saturated carbocycles. The molecule has 0 amide bonds. The average molecular weight is 584 g/mol. The molecule has 0 heterocycles. The first-order chi connectivity index (χ1) is 18.0. The van der Waals surface area contributed by atoms with E-state index in [4.69, 9.17) is 8.37 Å². The Morgan fingerprint density at radius 1 is 0.590 bits per heavy atom. The highest BCUT2D eigenvalue weighted by molar-refractivity contribution is 7.87. The van der Waals surface area contributed by atoms with Crippen LogP contribution in [0.2, 0.25) is 0 Å². The van der Waals surface area contributed by atoms with E-state index in [1.807, 2.05) is 0 Å².